The number of hydrogen-bond donors (Lipinski definition) is 0. The smallest absolute Gasteiger partial charge is 0.418 e. The third kappa shape index (κ3) is 3.24. The molecule has 0 aliphatic heterocycles. The van der Waals surface area contributed by atoms with Crippen LogP contribution in [0.4, 0.5) is 4.79 Å². The third-order valence-corrected chi connectivity index (χ3v) is 3.90. The number of benzene rings is 2. The Bertz CT molecular complexity index is 952. The van der Waals surface area contributed by atoms with Gasteiger partial charge in [-0.2, -0.15) is 0 Å². The lowest BCUT2D eigenvalue weighted by molar-refractivity contribution is -0.112. The number of carbonyl (C=O) groups is 2. The summed E-state index contributed by atoms with van der Waals surface area (Å²) >= 11 is 0. The van der Waals surface area contributed by atoms with E-state index in [9.17, 15) is 9.59 Å². The monoisotopic (exact) mass is 333 g/mol. The van der Waals surface area contributed by atoms with Gasteiger partial charge in [0.2, 0.25) is 0 Å². The highest BCUT2D eigenvalue weighted by Crippen LogP contribution is 2.35. The molecule has 1 heterocycles. The first kappa shape index (κ1) is 16.7. The van der Waals surface area contributed by atoms with E-state index >= 15 is 0 Å². The Hall–Kier alpha value is -3.14. The first-order valence-corrected chi connectivity index (χ1v) is 8.18. The molecule has 0 saturated carbocycles. The minimum Gasteiger partial charge on any atom is -0.449 e. The van der Waals surface area contributed by atoms with Gasteiger partial charge in [0.1, 0.15) is 0 Å². The highest BCUT2D eigenvalue weighted by molar-refractivity contribution is 6.05. The van der Waals surface area contributed by atoms with Crippen LogP contribution in [-0.2, 0) is 9.53 Å². The maximum Gasteiger partial charge on any atom is 0.418 e. The highest BCUT2D eigenvalue weighted by atomic mass is 16.5. The SMILES string of the molecule is CCOC(=O)n1c(-c2ccccc2)c(/C=C/C(C)=O)c2ccccc21. The van der Waals surface area contributed by atoms with E-state index in [1.807, 2.05) is 54.6 Å². The Labute approximate surface area is 146 Å². The fraction of sp³-hybridized carbons (Fsp3) is 0.143. The van der Waals surface area contributed by atoms with Gasteiger partial charge in [-0.1, -0.05) is 48.5 Å². The van der Waals surface area contributed by atoms with Crippen molar-refractivity contribution in [3.63, 3.8) is 0 Å². The lowest BCUT2D eigenvalue weighted by Gasteiger charge is -2.10. The zero-order chi connectivity index (χ0) is 17.8. The molecule has 0 bridgehead atoms. The molecule has 0 fully saturated rings. The first-order valence-electron chi connectivity index (χ1n) is 8.18. The van der Waals surface area contributed by atoms with Crippen LogP contribution in [0.3, 0.4) is 0 Å². The molecule has 4 nitrogen and oxygen atoms in total. The van der Waals surface area contributed by atoms with E-state index in [4.69, 9.17) is 4.74 Å². The first-order chi connectivity index (χ1) is 12.1. The molecule has 0 saturated heterocycles. The zero-order valence-corrected chi connectivity index (χ0v) is 14.2. The summed E-state index contributed by atoms with van der Waals surface area (Å²) in [6.07, 6.45) is 2.85. The standard InChI is InChI=1S/C21H19NO3/c1-3-25-21(24)22-19-12-8-7-11-17(19)18(14-13-15(2)23)20(22)16-9-5-4-6-10-16/h4-14H,3H2,1-2H3/b14-13+. The van der Waals surface area contributed by atoms with E-state index in [1.165, 1.54) is 13.0 Å². The van der Waals surface area contributed by atoms with E-state index < -0.39 is 6.09 Å². The molecule has 0 unspecified atom stereocenters. The molecule has 0 atom stereocenters. The number of hydrogen-bond acceptors (Lipinski definition) is 3. The van der Waals surface area contributed by atoms with Gasteiger partial charge >= 0.3 is 6.09 Å². The molecule has 2 aromatic carbocycles. The summed E-state index contributed by atoms with van der Waals surface area (Å²) < 4.78 is 6.85. The van der Waals surface area contributed by atoms with Gasteiger partial charge in [-0.25, -0.2) is 9.36 Å². The van der Waals surface area contributed by atoms with Crippen LogP contribution in [0.15, 0.2) is 60.7 Å². The summed E-state index contributed by atoms with van der Waals surface area (Å²) in [5.41, 5.74) is 3.18. The highest BCUT2D eigenvalue weighted by Gasteiger charge is 2.21. The number of ketones is 1. The van der Waals surface area contributed by atoms with Crippen molar-refractivity contribution in [3.8, 4) is 11.3 Å². The van der Waals surface area contributed by atoms with Gasteiger partial charge in [0.05, 0.1) is 17.8 Å². The summed E-state index contributed by atoms with van der Waals surface area (Å²) in [5.74, 6) is -0.0491. The summed E-state index contributed by atoms with van der Waals surface area (Å²) in [7, 11) is 0. The second kappa shape index (κ2) is 7.18. The van der Waals surface area contributed by atoms with Crippen LogP contribution in [0.25, 0.3) is 28.2 Å². The van der Waals surface area contributed by atoms with Gasteiger partial charge in [-0.3, -0.25) is 4.79 Å². The summed E-state index contributed by atoms with van der Waals surface area (Å²) in [4.78, 5) is 24.1. The average molecular weight is 333 g/mol. The Morgan fingerprint density at radius 2 is 1.72 bits per heavy atom. The van der Waals surface area contributed by atoms with Crippen molar-refractivity contribution in [1.82, 2.24) is 4.57 Å². The number of carbonyl (C=O) groups excluding carboxylic acids is 2. The Balaban J connectivity index is 2.38. The number of aromatic nitrogens is 1. The molecule has 0 spiro atoms. The molecular weight excluding hydrogens is 314 g/mol. The van der Waals surface area contributed by atoms with Crippen molar-refractivity contribution >= 4 is 28.9 Å². The van der Waals surface area contributed by atoms with Crippen LogP contribution >= 0.6 is 0 Å². The molecule has 0 aliphatic rings. The van der Waals surface area contributed by atoms with Crippen molar-refractivity contribution in [2.45, 2.75) is 13.8 Å². The number of para-hydroxylation sites is 1. The average Bonchev–Trinajstić information content (AvgIpc) is 2.95. The number of fused-ring (bicyclic) bond motifs is 1. The van der Waals surface area contributed by atoms with E-state index in [0.717, 1.165) is 27.7 Å². The number of nitrogens with zero attached hydrogens (tertiary/aromatic N) is 1. The molecule has 0 aliphatic carbocycles. The number of allylic oxidation sites excluding steroid dienone is 1. The van der Waals surface area contributed by atoms with Crippen LogP contribution in [0, 0.1) is 0 Å². The van der Waals surface area contributed by atoms with Crippen LogP contribution in [0.5, 0.6) is 0 Å². The minimum absolute atomic E-state index is 0.0491. The van der Waals surface area contributed by atoms with Gasteiger partial charge in [-0.15, -0.1) is 0 Å². The Morgan fingerprint density at radius 3 is 2.40 bits per heavy atom. The number of rotatable bonds is 4. The maximum atomic E-state index is 12.7. The topological polar surface area (TPSA) is 48.3 Å². The molecule has 25 heavy (non-hydrogen) atoms. The third-order valence-electron chi connectivity index (χ3n) is 3.90. The quantitative estimate of drug-likeness (QED) is 0.637. The maximum absolute atomic E-state index is 12.7. The van der Waals surface area contributed by atoms with Gasteiger partial charge < -0.3 is 4.74 Å². The predicted molar refractivity (Wildman–Crippen MR) is 99.5 cm³/mol. The van der Waals surface area contributed by atoms with Gasteiger partial charge in [-0.05, 0) is 37.6 Å². The van der Waals surface area contributed by atoms with Crippen LogP contribution in [0.1, 0.15) is 19.4 Å². The summed E-state index contributed by atoms with van der Waals surface area (Å²) in [6.45, 7) is 3.57. The fourth-order valence-electron chi connectivity index (χ4n) is 2.89. The molecule has 0 radical (unpaired) electrons. The van der Waals surface area contributed by atoms with E-state index in [0.29, 0.717) is 0 Å². The molecule has 0 amide bonds. The summed E-state index contributed by atoms with van der Waals surface area (Å²) in [6, 6.07) is 17.3. The Morgan fingerprint density at radius 1 is 1.04 bits per heavy atom. The lowest BCUT2D eigenvalue weighted by atomic mass is 10.0. The van der Waals surface area contributed by atoms with Crippen LogP contribution in [0.2, 0.25) is 0 Å². The zero-order valence-electron chi connectivity index (χ0n) is 14.2. The normalized spacial score (nSPS) is 11.1. The van der Waals surface area contributed by atoms with Crippen molar-refractivity contribution in [2.24, 2.45) is 0 Å². The molecule has 3 rings (SSSR count). The van der Waals surface area contributed by atoms with Crippen molar-refractivity contribution < 1.29 is 14.3 Å². The second-order valence-electron chi connectivity index (χ2n) is 5.62. The Kier molecular flexibility index (Phi) is 4.80. The van der Waals surface area contributed by atoms with Gasteiger partial charge in [0.25, 0.3) is 0 Å². The molecular formula is C21H19NO3. The number of ether oxygens (including phenoxy) is 1. The van der Waals surface area contributed by atoms with E-state index in [2.05, 4.69) is 0 Å². The fourth-order valence-corrected chi connectivity index (χ4v) is 2.89. The van der Waals surface area contributed by atoms with Gasteiger partial charge in [0, 0.05) is 10.9 Å². The van der Waals surface area contributed by atoms with E-state index in [1.54, 1.807) is 17.6 Å². The molecule has 126 valence electrons. The molecule has 1 aromatic heterocycles. The summed E-state index contributed by atoms with van der Waals surface area (Å²) in [5, 5.41) is 0.895. The van der Waals surface area contributed by atoms with Gasteiger partial charge in [0.15, 0.2) is 5.78 Å². The van der Waals surface area contributed by atoms with Crippen molar-refractivity contribution in [2.75, 3.05) is 6.61 Å². The molecule has 4 heteroatoms. The molecule has 0 N–H and O–H groups in total. The van der Waals surface area contributed by atoms with Crippen molar-refractivity contribution in [1.29, 1.82) is 0 Å². The van der Waals surface area contributed by atoms with E-state index in [-0.39, 0.29) is 12.4 Å². The van der Waals surface area contributed by atoms with Crippen LogP contribution in [-0.4, -0.2) is 23.1 Å². The van der Waals surface area contributed by atoms with Crippen molar-refractivity contribution in [3.05, 3.63) is 66.2 Å². The van der Waals surface area contributed by atoms with Crippen LogP contribution < -0.4 is 0 Å². The predicted octanol–water partition coefficient (Wildman–Crippen LogP) is 4.92. The minimum atomic E-state index is -0.431. The molecule has 3 aromatic rings. The lowest BCUT2D eigenvalue weighted by Crippen LogP contribution is -2.14. The second-order valence-corrected chi connectivity index (χ2v) is 5.62. The largest absolute Gasteiger partial charge is 0.449 e.